The Morgan fingerprint density at radius 1 is 1.18 bits per heavy atom. The largest absolute Gasteiger partial charge is 0.417 e. The predicted octanol–water partition coefficient (Wildman–Crippen LogP) is 3.00. The molecule has 9 nitrogen and oxygen atoms in total. The van der Waals surface area contributed by atoms with Gasteiger partial charge in [0.05, 0.1) is 22.1 Å². The maximum absolute atomic E-state index is 13.2. The van der Waals surface area contributed by atoms with E-state index in [2.05, 4.69) is 5.32 Å². The standard InChI is InChI=1S/C22H22F3N5O4/c1-21(32,20(31)27-16-3-2-15(13-26)19(12-16)22(23,24)25)14-28-8-10-29(11-9-28)17-4-6-18(7-5-17)30(33)34/h2-7,12,32H,8-11,14H2,1H3,(H,27,31)/t21-/m0/s1. The molecule has 1 heterocycles. The number of carbonyl (C=O) groups is 1. The molecule has 1 aliphatic rings. The second kappa shape index (κ2) is 9.66. The topological polar surface area (TPSA) is 123 Å². The van der Waals surface area contributed by atoms with Crippen LogP contribution in [0.2, 0.25) is 0 Å². The number of non-ortho nitro benzene ring substituents is 1. The number of piperazine rings is 1. The molecule has 12 heteroatoms. The van der Waals surface area contributed by atoms with Crippen LogP contribution >= 0.6 is 0 Å². The first kappa shape index (κ1) is 24.9. The lowest BCUT2D eigenvalue weighted by atomic mass is 10.0. The summed E-state index contributed by atoms with van der Waals surface area (Å²) in [6, 6.07) is 10.4. The van der Waals surface area contributed by atoms with Crippen molar-refractivity contribution >= 4 is 23.0 Å². The summed E-state index contributed by atoms with van der Waals surface area (Å²) in [7, 11) is 0. The number of β-amino-alcohol motifs (C(OH)–C–C–N with tert-alkyl or cyclic N) is 1. The fraction of sp³-hybridized carbons (Fsp3) is 0.364. The van der Waals surface area contributed by atoms with Gasteiger partial charge in [0.2, 0.25) is 0 Å². The van der Waals surface area contributed by atoms with Gasteiger partial charge in [-0.05, 0) is 37.3 Å². The van der Waals surface area contributed by atoms with Crippen molar-refractivity contribution < 1.29 is 28.0 Å². The van der Waals surface area contributed by atoms with E-state index >= 15 is 0 Å². The molecule has 1 amide bonds. The maximum Gasteiger partial charge on any atom is 0.417 e. The zero-order chi connectivity index (χ0) is 25.1. The molecule has 2 N–H and O–H groups in total. The third kappa shape index (κ3) is 5.81. The van der Waals surface area contributed by atoms with Crippen LogP contribution in [0.25, 0.3) is 0 Å². The molecule has 34 heavy (non-hydrogen) atoms. The van der Waals surface area contributed by atoms with Crippen molar-refractivity contribution in [3.63, 3.8) is 0 Å². The van der Waals surface area contributed by atoms with Gasteiger partial charge in [-0.2, -0.15) is 18.4 Å². The SMILES string of the molecule is C[C@](O)(CN1CCN(c2ccc([N+](=O)[O-])cc2)CC1)C(=O)Nc1ccc(C#N)c(C(F)(F)F)c1. The number of nitrogens with one attached hydrogen (secondary N) is 1. The Morgan fingerprint density at radius 3 is 2.32 bits per heavy atom. The van der Waals surface area contributed by atoms with Crippen LogP contribution < -0.4 is 10.2 Å². The van der Waals surface area contributed by atoms with Crippen LogP contribution in [0, 0.1) is 21.4 Å². The Morgan fingerprint density at radius 2 is 1.79 bits per heavy atom. The van der Waals surface area contributed by atoms with Crippen molar-refractivity contribution in [3.05, 3.63) is 63.7 Å². The van der Waals surface area contributed by atoms with Crippen molar-refractivity contribution in [3.8, 4) is 6.07 Å². The van der Waals surface area contributed by atoms with Crippen LogP contribution in [0.3, 0.4) is 0 Å². The monoisotopic (exact) mass is 477 g/mol. The van der Waals surface area contributed by atoms with Crippen LogP contribution in [0.5, 0.6) is 0 Å². The normalized spacial score (nSPS) is 16.4. The molecule has 1 fully saturated rings. The van der Waals surface area contributed by atoms with E-state index in [4.69, 9.17) is 5.26 Å². The summed E-state index contributed by atoms with van der Waals surface area (Å²) in [5.74, 6) is -0.872. The molecule has 1 atom stereocenters. The summed E-state index contributed by atoms with van der Waals surface area (Å²) in [5.41, 5.74) is -3.00. The van der Waals surface area contributed by atoms with E-state index in [-0.39, 0.29) is 17.9 Å². The van der Waals surface area contributed by atoms with Crippen LogP contribution in [-0.4, -0.2) is 59.2 Å². The lowest BCUT2D eigenvalue weighted by molar-refractivity contribution is -0.384. The fourth-order valence-electron chi connectivity index (χ4n) is 3.68. The van der Waals surface area contributed by atoms with E-state index in [0.717, 1.165) is 11.8 Å². The lowest BCUT2D eigenvalue weighted by Gasteiger charge is -2.38. The molecule has 3 rings (SSSR count). The number of benzene rings is 2. The van der Waals surface area contributed by atoms with E-state index in [1.165, 1.54) is 31.2 Å². The lowest BCUT2D eigenvalue weighted by Crippen LogP contribution is -2.54. The summed E-state index contributed by atoms with van der Waals surface area (Å²) in [6.07, 6.45) is -4.77. The highest BCUT2D eigenvalue weighted by Crippen LogP contribution is 2.33. The molecule has 0 unspecified atom stereocenters. The second-order valence-electron chi connectivity index (χ2n) is 8.13. The molecule has 1 saturated heterocycles. The Hall–Kier alpha value is -3.69. The van der Waals surface area contributed by atoms with Crippen LogP contribution in [0.15, 0.2) is 42.5 Å². The number of carbonyl (C=O) groups excluding carboxylic acids is 1. The number of nitrogens with zero attached hydrogens (tertiary/aromatic N) is 4. The number of hydrogen-bond donors (Lipinski definition) is 2. The molecule has 180 valence electrons. The number of halogens is 3. The van der Waals surface area contributed by atoms with Gasteiger partial charge in [-0.15, -0.1) is 0 Å². The van der Waals surface area contributed by atoms with Gasteiger partial charge >= 0.3 is 6.18 Å². The summed E-state index contributed by atoms with van der Waals surface area (Å²) >= 11 is 0. The number of nitriles is 1. The second-order valence-corrected chi connectivity index (χ2v) is 8.13. The molecule has 0 saturated carbocycles. The van der Waals surface area contributed by atoms with Crippen molar-refractivity contribution in [2.24, 2.45) is 0 Å². The van der Waals surface area contributed by atoms with E-state index in [0.29, 0.717) is 32.2 Å². The van der Waals surface area contributed by atoms with Gasteiger partial charge in [0.25, 0.3) is 11.6 Å². The van der Waals surface area contributed by atoms with Gasteiger partial charge in [-0.25, -0.2) is 0 Å². The first-order valence-corrected chi connectivity index (χ1v) is 10.3. The number of hydrogen-bond acceptors (Lipinski definition) is 7. The first-order valence-electron chi connectivity index (χ1n) is 10.3. The van der Waals surface area contributed by atoms with E-state index < -0.39 is 33.7 Å². The fourth-order valence-corrected chi connectivity index (χ4v) is 3.68. The third-order valence-electron chi connectivity index (χ3n) is 5.52. The molecule has 0 aliphatic carbocycles. The first-order chi connectivity index (χ1) is 15.9. The van der Waals surface area contributed by atoms with Crippen LogP contribution in [-0.2, 0) is 11.0 Å². The predicted molar refractivity (Wildman–Crippen MR) is 117 cm³/mol. The highest BCUT2D eigenvalue weighted by molar-refractivity contribution is 5.97. The number of nitro groups is 1. The van der Waals surface area contributed by atoms with E-state index in [1.807, 2.05) is 9.80 Å². The minimum absolute atomic E-state index is 0.00550. The number of aliphatic hydroxyl groups is 1. The molecular formula is C22H22F3N5O4. The zero-order valence-corrected chi connectivity index (χ0v) is 18.2. The Kier molecular flexibility index (Phi) is 7.09. The number of anilines is 2. The highest BCUT2D eigenvalue weighted by atomic mass is 19.4. The zero-order valence-electron chi connectivity index (χ0n) is 18.2. The van der Waals surface area contributed by atoms with Crippen LogP contribution in [0.4, 0.5) is 30.2 Å². The number of nitro benzene ring substituents is 1. The Labute approximate surface area is 193 Å². The molecule has 0 spiro atoms. The summed E-state index contributed by atoms with van der Waals surface area (Å²) in [6.45, 7) is 3.33. The average Bonchev–Trinajstić information content (AvgIpc) is 2.78. The average molecular weight is 477 g/mol. The number of amides is 1. The van der Waals surface area contributed by atoms with E-state index in [1.54, 1.807) is 12.1 Å². The number of alkyl halides is 3. The van der Waals surface area contributed by atoms with E-state index in [9.17, 15) is 33.2 Å². The van der Waals surface area contributed by atoms with Crippen molar-refractivity contribution in [2.75, 3.05) is 42.9 Å². The summed E-state index contributed by atoms with van der Waals surface area (Å²) < 4.78 is 39.5. The smallest absolute Gasteiger partial charge is 0.379 e. The Bertz CT molecular complexity index is 1110. The van der Waals surface area contributed by atoms with Crippen molar-refractivity contribution in [1.82, 2.24) is 4.90 Å². The molecule has 2 aromatic rings. The maximum atomic E-state index is 13.2. The van der Waals surface area contributed by atoms with Gasteiger partial charge in [-0.3, -0.25) is 19.8 Å². The minimum Gasteiger partial charge on any atom is -0.379 e. The van der Waals surface area contributed by atoms with Gasteiger partial charge in [0.15, 0.2) is 5.60 Å². The third-order valence-corrected chi connectivity index (χ3v) is 5.52. The molecule has 2 aromatic carbocycles. The summed E-state index contributed by atoms with van der Waals surface area (Å²) in [5, 5.41) is 32.6. The molecule has 0 radical (unpaired) electrons. The van der Waals surface area contributed by atoms with Crippen molar-refractivity contribution in [1.29, 1.82) is 5.26 Å². The minimum atomic E-state index is -4.77. The highest BCUT2D eigenvalue weighted by Gasteiger charge is 2.36. The molecular weight excluding hydrogens is 455 g/mol. The summed E-state index contributed by atoms with van der Waals surface area (Å²) in [4.78, 5) is 26.8. The number of rotatable bonds is 6. The molecule has 0 aromatic heterocycles. The molecule has 0 bridgehead atoms. The van der Waals surface area contributed by atoms with Crippen molar-refractivity contribution in [2.45, 2.75) is 18.7 Å². The van der Waals surface area contributed by atoms with Gasteiger partial charge < -0.3 is 15.3 Å². The quantitative estimate of drug-likeness (QED) is 0.484. The van der Waals surface area contributed by atoms with Gasteiger partial charge in [0.1, 0.15) is 0 Å². The van der Waals surface area contributed by atoms with Gasteiger partial charge in [-0.1, -0.05) is 0 Å². The van der Waals surface area contributed by atoms with Gasteiger partial charge in [0, 0.05) is 56.2 Å². The van der Waals surface area contributed by atoms with Crippen LogP contribution in [0.1, 0.15) is 18.1 Å². The Balaban J connectivity index is 1.59. The molecule has 1 aliphatic heterocycles.